The number of nitrogens with zero attached hydrogens (tertiary/aromatic N) is 7. The van der Waals surface area contributed by atoms with Crippen molar-refractivity contribution in [2.45, 2.75) is 70.8 Å². The molecule has 1 amide bonds. The van der Waals surface area contributed by atoms with Gasteiger partial charge in [-0.2, -0.15) is 13.2 Å². The number of alkyl halides is 3. The molecule has 242 valence electrons. The van der Waals surface area contributed by atoms with Gasteiger partial charge in [-0.15, -0.1) is 5.10 Å². The predicted molar refractivity (Wildman–Crippen MR) is 168 cm³/mol. The van der Waals surface area contributed by atoms with Gasteiger partial charge in [-0.05, 0) is 43.5 Å². The van der Waals surface area contributed by atoms with Crippen LogP contribution >= 0.6 is 0 Å². The second-order valence-corrected chi connectivity index (χ2v) is 18.5. The largest absolute Gasteiger partial charge is 0.419 e. The van der Waals surface area contributed by atoms with Gasteiger partial charge in [-0.3, -0.25) is 9.59 Å². The minimum atomic E-state index is -4.49. The highest BCUT2D eigenvalue weighted by Gasteiger charge is 2.34. The lowest BCUT2D eigenvalue weighted by Crippen LogP contribution is -2.49. The SMILES string of the molecule is Cc1cc(N2c3ccccc3CC2CCC(=O)N2CCN(c3ncc(C(F)(F)F)cn3)CC2)nn(COCC[Si](C)(C)C)c1=O. The molecule has 1 unspecified atom stereocenters. The first kappa shape index (κ1) is 32.6. The molecule has 1 saturated heterocycles. The number of piperazine rings is 1. The number of anilines is 3. The Kier molecular flexibility index (Phi) is 9.63. The molecule has 10 nitrogen and oxygen atoms in total. The summed E-state index contributed by atoms with van der Waals surface area (Å²) in [6, 6.07) is 10.9. The van der Waals surface area contributed by atoms with Crippen molar-refractivity contribution in [3.63, 3.8) is 0 Å². The van der Waals surface area contributed by atoms with E-state index >= 15 is 0 Å². The highest BCUT2D eigenvalue weighted by atomic mass is 28.3. The van der Waals surface area contributed by atoms with E-state index in [9.17, 15) is 22.8 Å². The molecule has 5 rings (SSSR count). The van der Waals surface area contributed by atoms with E-state index in [1.54, 1.807) is 22.8 Å². The van der Waals surface area contributed by atoms with Crippen LogP contribution in [0.1, 0.15) is 29.5 Å². The van der Waals surface area contributed by atoms with Crippen molar-refractivity contribution in [2.24, 2.45) is 0 Å². The zero-order chi connectivity index (χ0) is 32.4. The number of benzene rings is 1. The summed E-state index contributed by atoms with van der Waals surface area (Å²) < 4.78 is 45.8. The van der Waals surface area contributed by atoms with Crippen LogP contribution in [0.2, 0.25) is 25.7 Å². The van der Waals surface area contributed by atoms with Gasteiger partial charge in [-0.1, -0.05) is 37.8 Å². The van der Waals surface area contributed by atoms with Crippen LogP contribution in [-0.2, 0) is 28.9 Å². The van der Waals surface area contributed by atoms with Crippen LogP contribution in [0.4, 0.5) is 30.6 Å². The number of carbonyl (C=O) groups excluding carboxylic acids is 1. The van der Waals surface area contributed by atoms with Crippen LogP contribution in [0, 0.1) is 6.92 Å². The summed E-state index contributed by atoms with van der Waals surface area (Å²) in [7, 11) is -1.27. The topological polar surface area (TPSA) is 96.7 Å². The van der Waals surface area contributed by atoms with Gasteiger partial charge in [0.05, 0.1) is 5.56 Å². The highest BCUT2D eigenvalue weighted by Crippen LogP contribution is 2.39. The Bertz CT molecular complexity index is 1550. The number of aryl methyl sites for hydroxylation is 1. The number of ether oxygens (including phenoxy) is 1. The molecule has 1 fully saturated rings. The number of para-hydroxylation sites is 1. The van der Waals surface area contributed by atoms with Crippen molar-refractivity contribution in [2.75, 3.05) is 42.6 Å². The Morgan fingerprint density at radius 3 is 2.42 bits per heavy atom. The van der Waals surface area contributed by atoms with Crippen molar-refractivity contribution in [1.82, 2.24) is 24.6 Å². The Labute approximate surface area is 261 Å². The summed E-state index contributed by atoms with van der Waals surface area (Å²) in [5.41, 5.74) is 1.66. The molecule has 0 saturated carbocycles. The van der Waals surface area contributed by atoms with E-state index in [4.69, 9.17) is 9.84 Å². The van der Waals surface area contributed by atoms with Gasteiger partial charge >= 0.3 is 6.18 Å². The zero-order valence-electron chi connectivity index (χ0n) is 26.2. The predicted octanol–water partition coefficient (Wildman–Crippen LogP) is 4.86. The molecule has 1 atom stereocenters. The fourth-order valence-electron chi connectivity index (χ4n) is 5.63. The summed E-state index contributed by atoms with van der Waals surface area (Å²) in [6.45, 7) is 11.0. The lowest BCUT2D eigenvalue weighted by molar-refractivity contribution is -0.138. The van der Waals surface area contributed by atoms with Crippen LogP contribution in [0.3, 0.4) is 0 Å². The summed E-state index contributed by atoms with van der Waals surface area (Å²) in [5, 5.41) is 4.71. The van der Waals surface area contributed by atoms with E-state index in [0.717, 1.165) is 36.1 Å². The molecule has 1 aromatic carbocycles. The lowest BCUT2D eigenvalue weighted by Gasteiger charge is -2.35. The van der Waals surface area contributed by atoms with E-state index in [1.807, 2.05) is 18.2 Å². The van der Waals surface area contributed by atoms with E-state index in [1.165, 1.54) is 4.68 Å². The molecule has 2 aromatic heterocycles. The Balaban J connectivity index is 1.23. The summed E-state index contributed by atoms with van der Waals surface area (Å²) >= 11 is 0. The number of amides is 1. The van der Waals surface area contributed by atoms with Gasteiger partial charge in [0.1, 0.15) is 6.73 Å². The number of halogens is 3. The van der Waals surface area contributed by atoms with E-state index < -0.39 is 19.8 Å². The molecule has 45 heavy (non-hydrogen) atoms. The van der Waals surface area contributed by atoms with E-state index in [2.05, 4.69) is 40.6 Å². The van der Waals surface area contributed by atoms with Gasteiger partial charge in [0.25, 0.3) is 5.56 Å². The van der Waals surface area contributed by atoms with E-state index in [0.29, 0.717) is 57.0 Å². The maximum absolute atomic E-state index is 13.3. The summed E-state index contributed by atoms with van der Waals surface area (Å²) in [4.78, 5) is 39.7. The molecule has 0 radical (unpaired) electrons. The highest BCUT2D eigenvalue weighted by molar-refractivity contribution is 6.76. The molecular formula is C31H40F3N7O3Si. The van der Waals surface area contributed by atoms with Crippen LogP contribution in [-0.4, -0.2) is 77.5 Å². The Morgan fingerprint density at radius 1 is 1.07 bits per heavy atom. The zero-order valence-corrected chi connectivity index (χ0v) is 27.2. The minimum Gasteiger partial charge on any atom is -0.359 e. The molecular weight excluding hydrogens is 603 g/mol. The van der Waals surface area contributed by atoms with Crippen LogP contribution in [0.5, 0.6) is 0 Å². The molecule has 4 heterocycles. The number of fused-ring (bicyclic) bond motifs is 1. The maximum atomic E-state index is 13.3. The molecule has 2 aliphatic heterocycles. The first-order chi connectivity index (χ1) is 21.3. The Morgan fingerprint density at radius 2 is 1.76 bits per heavy atom. The third-order valence-electron chi connectivity index (χ3n) is 8.24. The molecule has 0 N–H and O–H groups in total. The second kappa shape index (κ2) is 13.3. The average molecular weight is 644 g/mol. The lowest BCUT2D eigenvalue weighted by atomic mass is 10.1. The molecule has 0 aliphatic carbocycles. The molecule has 2 aliphatic rings. The van der Waals surface area contributed by atoms with Crippen molar-refractivity contribution >= 4 is 31.4 Å². The summed E-state index contributed by atoms with van der Waals surface area (Å²) in [5.74, 6) is 0.886. The van der Waals surface area contributed by atoms with Gasteiger partial charge in [0, 0.05) is 77.0 Å². The van der Waals surface area contributed by atoms with Crippen LogP contribution in [0.15, 0.2) is 47.5 Å². The smallest absolute Gasteiger partial charge is 0.359 e. The van der Waals surface area contributed by atoms with E-state index in [-0.39, 0.29) is 30.2 Å². The van der Waals surface area contributed by atoms with Gasteiger partial charge in [0.2, 0.25) is 11.9 Å². The van der Waals surface area contributed by atoms with Crippen molar-refractivity contribution in [3.8, 4) is 0 Å². The molecule has 0 bridgehead atoms. The van der Waals surface area contributed by atoms with Gasteiger partial charge in [-0.25, -0.2) is 14.6 Å². The van der Waals surface area contributed by atoms with Gasteiger partial charge < -0.3 is 19.4 Å². The number of hydrogen-bond acceptors (Lipinski definition) is 8. The third kappa shape index (κ3) is 7.90. The fraction of sp³-hybridized carbons (Fsp3) is 0.516. The number of carbonyl (C=O) groups is 1. The molecule has 3 aromatic rings. The first-order valence-corrected chi connectivity index (χ1v) is 19.0. The second-order valence-electron chi connectivity index (χ2n) is 12.9. The number of rotatable bonds is 10. The number of aromatic nitrogens is 4. The molecule has 14 heteroatoms. The van der Waals surface area contributed by atoms with Crippen molar-refractivity contribution < 1.29 is 22.7 Å². The van der Waals surface area contributed by atoms with Crippen LogP contribution < -0.4 is 15.4 Å². The maximum Gasteiger partial charge on any atom is 0.419 e. The van der Waals surface area contributed by atoms with Crippen LogP contribution in [0.25, 0.3) is 0 Å². The third-order valence-corrected chi connectivity index (χ3v) is 9.95. The minimum absolute atomic E-state index is 0.0174. The van der Waals surface area contributed by atoms with Crippen molar-refractivity contribution in [1.29, 1.82) is 0 Å². The van der Waals surface area contributed by atoms with Crippen molar-refractivity contribution in [3.05, 3.63) is 69.8 Å². The molecule has 0 spiro atoms. The quantitative estimate of drug-likeness (QED) is 0.228. The monoisotopic (exact) mass is 643 g/mol. The first-order valence-electron chi connectivity index (χ1n) is 15.3. The number of hydrogen-bond donors (Lipinski definition) is 0. The van der Waals surface area contributed by atoms with Gasteiger partial charge in [0.15, 0.2) is 5.82 Å². The average Bonchev–Trinajstić information content (AvgIpc) is 3.37. The standard InChI is InChI=1S/C31H40F3N7O3Si/c1-22-17-27(37-40(29(22)43)21-44-15-16-45(2,3)4)41-25(18-23-7-5-6-8-26(23)41)9-10-28(42)38-11-13-39(14-12-38)30-35-19-24(20-36-30)31(32,33)34/h5-8,17,19-20,25H,9-16,18,21H2,1-4H3. The Hall–Kier alpha value is -3.78. The fourth-order valence-corrected chi connectivity index (χ4v) is 6.39. The normalized spacial score (nSPS) is 17.1. The summed E-state index contributed by atoms with van der Waals surface area (Å²) in [6.07, 6.45) is -1.26.